The van der Waals surface area contributed by atoms with Gasteiger partial charge in [0.2, 0.25) is 0 Å². The molecule has 0 bridgehead atoms. The monoisotopic (exact) mass is 299 g/mol. The van der Waals surface area contributed by atoms with Crippen LogP contribution in [-0.2, 0) is 5.75 Å². The number of rotatable bonds is 4. The van der Waals surface area contributed by atoms with Gasteiger partial charge in [0.25, 0.3) is 5.89 Å². The van der Waals surface area contributed by atoms with Gasteiger partial charge in [-0.3, -0.25) is 4.98 Å². The van der Waals surface area contributed by atoms with Gasteiger partial charge in [-0.05, 0) is 25.1 Å². The van der Waals surface area contributed by atoms with Crippen molar-refractivity contribution >= 4 is 11.8 Å². The van der Waals surface area contributed by atoms with E-state index in [2.05, 4.69) is 34.2 Å². The van der Waals surface area contributed by atoms with E-state index >= 15 is 0 Å². The van der Waals surface area contributed by atoms with Crippen molar-refractivity contribution in [1.29, 1.82) is 0 Å². The Labute approximate surface area is 126 Å². The minimum absolute atomic E-state index is 0.0269. The molecule has 0 unspecified atom stereocenters. The van der Waals surface area contributed by atoms with Crippen LogP contribution in [0, 0.1) is 6.92 Å². The lowest BCUT2D eigenvalue weighted by molar-refractivity contribution is 0.419. The number of nitrogens with zero attached hydrogens (tertiary/aromatic N) is 3. The van der Waals surface area contributed by atoms with Gasteiger partial charge < -0.3 is 9.63 Å². The lowest BCUT2D eigenvalue weighted by Gasteiger charge is -1.99. The molecule has 2 aromatic heterocycles. The fourth-order valence-corrected chi connectivity index (χ4v) is 2.70. The van der Waals surface area contributed by atoms with Crippen LogP contribution in [0.4, 0.5) is 0 Å². The first-order chi connectivity index (χ1) is 10.2. The summed E-state index contributed by atoms with van der Waals surface area (Å²) >= 11 is 1.64. The molecule has 106 valence electrons. The summed E-state index contributed by atoms with van der Waals surface area (Å²) in [5, 5.41) is 13.6. The molecule has 0 saturated heterocycles. The zero-order valence-corrected chi connectivity index (χ0v) is 12.2. The molecule has 0 aliphatic rings. The highest BCUT2D eigenvalue weighted by Crippen LogP contribution is 2.28. The Kier molecular flexibility index (Phi) is 3.87. The molecule has 3 aromatic rings. The standard InChI is InChI=1S/C15H13N3O2S/c1-10-3-2-4-11(7-10)21-9-14-17-15(20-18-14)12-5-6-16-8-13(12)19/h2-8,19H,9H2,1H3. The largest absolute Gasteiger partial charge is 0.505 e. The Hall–Kier alpha value is -2.34. The molecule has 0 radical (unpaired) electrons. The third-order valence-corrected chi connectivity index (χ3v) is 3.85. The average molecular weight is 299 g/mol. The molecule has 3 rings (SSSR count). The first-order valence-electron chi connectivity index (χ1n) is 6.38. The number of benzene rings is 1. The first kappa shape index (κ1) is 13.6. The van der Waals surface area contributed by atoms with E-state index in [9.17, 15) is 5.11 Å². The number of hydrogen-bond acceptors (Lipinski definition) is 6. The SMILES string of the molecule is Cc1cccc(SCc2noc(-c3ccncc3O)n2)c1. The second-order valence-electron chi connectivity index (χ2n) is 4.51. The predicted molar refractivity (Wildman–Crippen MR) is 79.9 cm³/mol. The van der Waals surface area contributed by atoms with Crippen LogP contribution in [0.1, 0.15) is 11.4 Å². The number of pyridine rings is 1. The Morgan fingerprint density at radius 1 is 1.29 bits per heavy atom. The van der Waals surface area contributed by atoms with Crippen LogP contribution in [0.5, 0.6) is 5.75 Å². The van der Waals surface area contributed by atoms with Gasteiger partial charge in [-0.25, -0.2) is 0 Å². The summed E-state index contributed by atoms with van der Waals surface area (Å²) in [7, 11) is 0. The average Bonchev–Trinajstić information content (AvgIpc) is 2.94. The van der Waals surface area contributed by atoms with Crippen LogP contribution in [0.3, 0.4) is 0 Å². The van der Waals surface area contributed by atoms with Crippen molar-refractivity contribution in [3.05, 3.63) is 54.1 Å². The minimum Gasteiger partial charge on any atom is -0.505 e. The van der Waals surface area contributed by atoms with Gasteiger partial charge in [0.15, 0.2) is 5.82 Å². The van der Waals surface area contributed by atoms with Crippen molar-refractivity contribution in [2.75, 3.05) is 0 Å². The van der Waals surface area contributed by atoms with Crippen LogP contribution < -0.4 is 0 Å². The molecule has 6 heteroatoms. The molecule has 0 amide bonds. The summed E-state index contributed by atoms with van der Waals surface area (Å²) in [5.74, 6) is 1.53. The first-order valence-corrected chi connectivity index (χ1v) is 7.36. The predicted octanol–water partition coefficient (Wildman–Crippen LogP) is 3.44. The molecule has 1 N–H and O–H groups in total. The number of aromatic hydroxyl groups is 1. The third kappa shape index (κ3) is 3.22. The highest BCUT2D eigenvalue weighted by Gasteiger charge is 2.12. The van der Waals surface area contributed by atoms with E-state index in [1.807, 2.05) is 12.1 Å². The van der Waals surface area contributed by atoms with E-state index in [4.69, 9.17) is 4.52 Å². The summed E-state index contributed by atoms with van der Waals surface area (Å²) in [6, 6.07) is 9.88. The number of aromatic nitrogens is 3. The van der Waals surface area contributed by atoms with Gasteiger partial charge >= 0.3 is 0 Å². The number of hydrogen-bond donors (Lipinski definition) is 1. The Morgan fingerprint density at radius 2 is 2.19 bits per heavy atom. The van der Waals surface area contributed by atoms with Gasteiger partial charge in [0.1, 0.15) is 5.75 Å². The molecule has 1 aromatic carbocycles. The maximum atomic E-state index is 9.72. The summed E-state index contributed by atoms with van der Waals surface area (Å²) in [6.45, 7) is 2.06. The zero-order chi connectivity index (χ0) is 14.7. The Morgan fingerprint density at radius 3 is 3.00 bits per heavy atom. The van der Waals surface area contributed by atoms with E-state index in [1.54, 1.807) is 24.0 Å². The second kappa shape index (κ2) is 5.97. The quantitative estimate of drug-likeness (QED) is 0.744. The molecule has 0 aliphatic heterocycles. The van der Waals surface area contributed by atoms with E-state index < -0.39 is 0 Å². The molecule has 0 saturated carbocycles. The van der Waals surface area contributed by atoms with Crippen molar-refractivity contribution in [2.24, 2.45) is 0 Å². The van der Waals surface area contributed by atoms with E-state index in [0.717, 1.165) is 4.90 Å². The van der Waals surface area contributed by atoms with Gasteiger partial charge in [-0.15, -0.1) is 11.8 Å². The molecule has 21 heavy (non-hydrogen) atoms. The van der Waals surface area contributed by atoms with Crippen LogP contribution in [0.15, 0.2) is 52.1 Å². The summed E-state index contributed by atoms with van der Waals surface area (Å²) < 4.78 is 5.18. The maximum Gasteiger partial charge on any atom is 0.261 e. The zero-order valence-electron chi connectivity index (χ0n) is 11.4. The fraction of sp³-hybridized carbons (Fsp3) is 0.133. The highest BCUT2D eigenvalue weighted by atomic mass is 32.2. The Bertz CT molecular complexity index is 758. The van der Waals surface area contributed by atoms with Crippen LogP contribution in [0.25, 0.3) is 11.5 Å². The molecule has 0 spiro atoms. The van der Waals surface area contributed by atoms with Crippen LogP contribution >= 0.6 is 11.8 Å². The van der Waals surface area contributed by atoms with Crippen molar-refractivity contribution in [2.45, 2.75) is 17.6 Å². The fourth-order valence-electron chi connectivity index (χ4n) is 1.84. The minimum atomic E-state index is 0.0269. The second-order valence-corrected chi connectivity index (χ2v) is 5.56. The topological polar surface area (TPSA) is 72.0 Å². The summed E-state index contributed by atoms with van der Waals surface area (Å²) in [6.07, 6.45) is 2.92. The molecule has 0 fully saturated rings. The van der Waals surface area contributed by atoms with Gasteiger partial charge in [-0.1, -0.05) is 22.9 Å². The van der Waals surface area contributed by atoms with Crippen molar-refractivity contribution in [3.8, 4) is 17.2 Å². The van der Waals surface area contributed by atoms with E-state index in [-0.39, 0.29) is 5.75 Å². The molecular formula is C15H13N3O2S. The summed E-state index contributed by atoms with van der Waals surface area (Å²) in [5.41, 5.74) is 1.71. The normalized spacial score (nSPS) is 10.7. The van der Waals surface area contributed by atoms with Gasteiger partial charge in [-0.2, -0.15) is 4.98 Å². The third-order valence-electron chi connectivity index (χ3n) is 2.86. The van der Waals surface area contributed by atoms with Crippen molar-refractivity contribution in [3.63, 3.8) is 0 Å². The molecular weight excluding hydrogens is 286 g/mol. The van der Waals surface area contributed by atoms with E-state index in [0.29, 0.717) is 23.0 Å². The molecule has 0 aliphatic carbocycles. The number of aryl methyl sites for hydroxylation is 1. The highest BCUT2D eigenvalue weighted by molar-refractivity contribution is 7.98. The smallest absolute Gasteiger partial charge is 0.261 e. The van der Waals surface area contributed by atoms with Crippen LogP contribution in [0.2, 0.25) is 0 Å². The summed E-state index contributed by atoms with van der Waals surface area (Å²) in [4.78, 5) is 9.27. The Balaban J connectivity index is 1.72. The molecule has 5 nitrogen and oxygen atoms in total. The van der Waals surface area contributed by atoms with Crippen LogP contribution in [-0.4, -0.2) is 20.2 Å². The van der Waals surface area contributed by atoms with Crippen molar-refractivity contribution < 1.29 is 9.63 Å². The van der Waals surface area contributed by atoms with Gasteiger partial charge in [0, 0.05) is 11.1 Å². The number of thioether (sulfide) groups is 1. The maximum absolute atomic E-state index is 9.72. The van der Waals surface area contributed by atoms with E-state index in [1.165, 1.54) is 11.8 Å². The lowest BCUT2D eigenvalue weighted by Crippen LogP contribution is -1.85. The van der Waals surface area contributed by atoms with Gasteiger partial charge in [0.05, 0.1) is 17.5 Å². The molecule has 2 heterocycles. The lowest BCUT2D eigenvalue weighted by atomic mass is 10.2. The van der Waals surface area contributed by atoms with Crippen molar-refractivity contribution in [1.82, 2.24) is 15.1 Å². The molecule has 0 atom stereocenters.